The van der Waals surface area contributed by atoms with Crippen molar-refractivity contribution in [2.24, 2.45) is 5.92 Å². The summed E-state index contributed by atoms with van der Waals surface area (Å²) in [5.74, 6) is 1.71. The van der Waals surface area contributed by atoms with Gasteiger partial charge in [-0.1, -0.05) is 45.2 Å². The Labute approximate surface area is 116 Å². The van der Waals surface area contributed by atoms with E-state index in [4.69, 9.17) is 4.42 Å². The average Bonchev–Trinajstić information content (AvgIpc) is 2.81. The van der Waals surface area contributed by atoms with Crippen molar-refractivity contribution < 1.29 is 4.42 Å². The van der Waals surface area contributed by atoms with Crippen LogP contribution in [0.25, 0.3) is 11.0 Å². The molecular formula is C17H25NO. The molecule has 1 aromatic carbocycles. The Morgan fingerprint density at radius 1 is 1.11 bits per heavy atom. The molecule has 104 valence electrons. The predicted octanol–water partition coefficient (Wildman–Crippen LogP) is 4.83. The molecule has 1 N–H and O–H groups in total. The van der Waals surface area contributed by atoms with Crippen LogP contribution in [0.1, 0.15) is 51.0 Å². The monoisotopic (exact) mass is 259 g/mol. The Bertz CT molecular complexity index is 525. The number of furan rings is 1. The van der Waals surface area contributed by atoms with Crippen LogP contribution in [0.2, 0.25) is 0 Å². The van der Waals surface area contributed by atoms with Crippen LogP contribution in [-0.2, 0) is 0 Å². The molecule has 0 spiro atoms. The van der Waals surface area contributed by atoms with Gasteiger partial charge in [0.25, 0.3) is 0 Å². The Hall–Kier alpha value is -1.28. The highest BCUT2D eigenvalue weighted by Gasteiger charge is 2.22. The summed E-state index contributed by atoms with van der Waals surface area (Å²) in [5, 5.41) is 4.79. The van der Waals surface area contributed by atoms with Gasteiger partial charge in [-0.2, -0.15) is 0 Å². The number of aryl methyl sites for hydroxylation is 1. The first kappa shape index (κ1) is 14.1. The normalized spacial score (nSPS) is 13.3. The molecule has 0 aliphatic heterocycles. The number of fused-ring (bicyclic) bond motifs is 1. The maximum atomic E-state index is 6.06. The van der Waals surface area contributed by atoms with Gasteiger partial charge in [-0.15, -0.1) is 0 Å². The summed E-state index contributed by atoms with van der Waals surface area (Å²) in [6.07, 6.45) is 2.34. The fraction of sp³-hybridized carbons (Fsp3) is 0.529. The van der Waals surface area contributed by atoms with Gasteiger partial charge >= 0.3 is 0 Å². The van der Waals surface area contributed by atoms with Crippen LogP contribution in [0.4, 0.5) is 0 Å². The number of benzene rings is 1. The highest BCUT2D eigenvalue weighted by Crippen LogP contribution is 2.31. The number of hydrogen-bond acceptors (Lipinski definition) is 2. The maximum absolute atomic E-state index is 6.06. The van der Waals surface area contributed by atoms with E-state index < -0.39 is 0 Å². The van der Waals surface area contributed by atoms with E-state index in [0.717, 1.165) is 17.9 Å². The topological polar surface area (TPSA) is 25.2 Å². The lowest BCUT2D eigenvalue weighted by atomic mass is 9.92. The average molecular weight is 259 g/mol. The molecule has 1 unspecified atom stereocenters. The Balaban J connectivity index is 2.38. The van der Waals surface area contributed by atoms with Crippen LogP contribution in [0.15, 0.2) is 28.7 Å². The van der Waals surface area contributed by atoms with Gasteiger partial charge in [0.1, 0.15) is 11.3 Å². The molecule has 0 fully saturated rings. The fourth-order valence-electron chi connectivity index (χ4n) is 2.82. The van der Waals surface area contributed by atoms with Crippen molar-refractivity contribution in [2.75, 3.05) is 6.54 Å². The highest BCUT2D eigenvalue weighted by atomic mass is 16.3. The van der Waals surface area contributed by atoms with Crippen molar-refractivity contribution in [3.05, 3.63) is 35.6 Å². The number of rotatable bonds is 6. The number of hydrogen-bond donors (Lipinski definition) is 1. The van der Waals surface area contributed by atoms with E-state index in [1.54, 1.807) is 0 Å². The Morgan fingerprint density at radius 2 is 1.84 bits per heavy atom. The summed E-state index contributed by atoms with van der Waals surface area (Å²) in [6.45, 7) is 9.75. The van der Waals surface area contributed by atoms with Crippen LogP contribution < -0.4 is 5.32 Å². The predicted molar refractivity (Wildman–Crippen MR) is 81.4 cm³/mol. The summed E-state index contributed by atoms with van der Waals surface area (Å²) in [6, 6.07) is 8.90. The third-order valence-corrected chi connectivity index (χ3v) is 3.94. The molecule has 0 radical (unpaired) electrons. The van der Waals surface area contributed by atoms with E-state index in [0.29, 0.717) is 12.0 Å². The molecule has 0 aliphatic carbocycles. The minimum absolute atomic E-state index is 0.327. The van der Waals surface area contributed by atoms with Crippen LogP contribution in [-0.4, -0.2) is 6.54 Å². The van der Waals surface area contributed by atoms with Crippen molar-refractivity contribution in [2.45, 2.75) is 46.6 Å². The van der Waals surface area contributed by atoms with Crippen LogP contribution in [0.3, 0.4) is 0 Å². The minimum Gasteiger partial charge on any atom is -0.459 e. The molecule has 2 aromatic rings. The van der Waals surface area contributed by atoms with E-state index in [2.05, 4.69) is 57.3 Å². The molecule has 0 saturated heterocycles. The molecule has 1 heterocycles. The first-order chi connectivity index (χ1) is 9.19. The third kappa shape index (κ3) is 3.01. The summed E-state index contributed by atoms with van der Waals surface area (Å²) in [4.78, 5) is 0. The highest BCUT2D eigenvalue weighted by molar-refractivity contribution is 5.78. The molecule has 2 rings (SSSR count). The van der Waals surface area contributed by atoms with Gasteiger partial charge in [0.05, 0.1) is 6.04 Å². The SMILES string of the molecule is CCNC(c1cc2cc(C)ccc2o1)C(CC)CC. The zero-order valence-corrected chi connectivity index (χ0v) is 12.5. The van der Waals surface area contributed by atoms with Gasteiger partial charge < -0.3 is 9.73 Å². The molecule has 2 nitrogen and oxygen atoms in total. The largest absolute Gasteiger partial charge is 0.459 e. The van der Waals surface area contributed by atoms with Crippen LogP contribution >= 0.6 is 0 Å². The fourth-order valence-corrected chi connectivity index (χ4v) is 2.82. The van der Waals surface area contributed by atoms with Crippen molar-refractivity contribution >= 4 is 11.0 Å². The lowest BCUT2D eigenvalue weighted by molar-refractivity contribution is 0.304. The van der Waals surface area contributed by atoms with E-state index in [1.807, 2.05) is 0 Å². The smallest absolute Gasteiger partial charge is 0.134 e. The molecule has 0 bridgehead atoms. The summed E-state index contributed by atoms with van der Waals surface area (Å²) >= 11 is 0. The molecule has 1 atom stereocenters. The Morgan fingerprint density at radius 3 is 2.47 bits per heavy atom. The summed E-state index contributed by atoms with van der Waals surface area (Å²) in [5.41, 5.74) is 2.27. The summed E-state index contributed by atoms with van der Waals surface area (Å²) in [7, 11) is 0. The summed E-state index contributed by atoms with van der Waals surface area (Å²) < 4.78 is 6.06. The molecular weight excluding hydrogens is 234 g/mol. The lowest BCUT2D eigenvalue weighted by Gasteiger charge is -2.24. The second-order valence-corrected chi connectivity index (χ2v) is 5.30. The second kappa shape index (κ2) is 6.25. The van der Waals surface area contributed by atoms with Crippen molar-refractivity contribution in [3.8, 4) is 0 Å². The molecule has 2 heteroatoms. The quantitative estimate of drug-likeness (QED) is 0.804. The van der Waals surface area contributed by atoms with E-state index in [-0.39, 0.29) is 0 Å². The molecule has 1 aromatic heterocycles. The van der Waals surface area contributed by atoms with Gasteiger partial charge in [0.2, 0.25) is 0 Å². The van der Waals surface area contributed by atoms with Crippen molar-refractivity contribution in [1.29, 1.82) is 0 Å². The van der Waals surface area contributed by atoms with Gasteiger partial charge in [-0.3, -0.25) is 0 Å². The zero-order chi connectivity index (χ0) is 13.8. The first-order valence-corrected chi connectivity index (χ1v) is 7.43. The number of nitrogens with one attached hydrogen (secondary N) is 1. The first-order valence-electron chi connectivity index (χ1n) is 7.43. The van der Waals surface area contributed by atoms with Gasteiger partial charge in [0, 0.05) is 5.39 Å². The molecule has 0 saturated carbocycles. The second-order valence-electron chi connectivity index (χ2n) is 5.30. The van der Waals surface area contributed by atoms with E-state index in [1.165, 1.54) is 23.8 Å². The van der Waals surface area contributed by atoms with E-state index in [9.17, 15) is 0 Å². The van der Waals surface area contributed by atoms with Crippen molar-refractivity contribution in [3.63, 3.8) is 0 Å². The van der Waals surface area contributed by atoms with Crippen LogP contribution in [0, 0.1) is 12.8 Å². The Kier molecular flexibility index (Phi) is 4.65. The molecule has 0 amide bonds. The van der Waals surface area contributed by atoms with Gasteiger partial charge in [-0.25, -0.2) is 0 Å². The lowest BCUT2D eigenvalue weighted by Crippen LogP contribution is -2.27. The zero-order valence-electron chi connectivity index (χ0n) is 12.5. The van der Waals surface area contributed by atoms with Crippen LogP contribution in [0.5, 0.6) is 0 Å². The molecule has 19 heavy (non-hydrogen) atoms. The third-order valence-electron chi connectivity index (χ3n) is 3.94. The standard InChI is InChI=1S/C17H25NO/c1-5-13(6-2)17(18-7-3)16-11-14-10-12(4)8-9-15(14)19-16/h8-11,13,17-18H,5-7H2,1-4H3. The van der Waals surface area contributed by atoms with Gasteiger partial charge in [0.15, 0.2) is 0 Å². The van der Waals surface area contributed by atoms with E-state index >= 15 is 0 Å². The van der Waals surface area contributed by atoms with Gasteiger partial charge in [-0.05, 0) is 37.6 Å². The molecule has 0 aliphatic rings. The maximum Gasteiger partial charge on any atom is 0.134 e. The minimum atomic E-state index is 0.327. The van der Waals surface area contributed by atoms with Crippen molar-refractivity contribution in [1.82, 2.24) is 5.32 Å².